The largest absolute Gasteiger partial charge is 0.405 e. The summed E-state index contributed by atoms with van der Waals surface area (Å²) in [6.07, 6.45) is 0.215. The lowest BCUT2D eigenvalue weighted by molar-refractivity contribution is -0.135. The summed E-state index contributed by atoms with van der Waals surface area (Å²) in [6, 6.07) is 9.82. The van der Waals surface area contributed by atoms with Gasteiger partial charge in [-0.3, -0.25) is 9.80 Å². The first-order valence-electron chi connectivity index (χ1n) is 7.44. The highest BCUT2D eigenvalue weighted by atomic mass is 28.4. The number of amides is 1. The van der Waals surface area contributed by atoms with Crippen molar-refractivity contribution < 1.29 is 9.22 Å². The van der Waals surface area contributed by atoms with Crippen molar-refractivity contribution in [2.75, 3.05) is 0 Å². The SMILES string of the molecule is CC(C)(C)[Si](C)(C)OC1CC(c2ccccc2)N(N)C1=O. The highest BCUT2D eigenvalue weighted by Gasteiger charge is 2.46. The molecule has 0 radical (unpaired) electrons. The standard InChI is InChI=1S/C16H26N2O2Si/c1-16(2,3)21(4,5)20-14-11-13(18(17)15(14)19)12-9-7-6-8-10-12/h6-10,13-14H,11,17H2,1-5H3. The number of hydrazine groups is 1. The summed E-state index contributed by atoms with van der Waals surface area (Å²) >= 11 is 0. The maximum atomic E-state index is 12.4. The van der Waals surface area contributed by atoms with Crippen molar-refractivity contribution in [3.8, 4) is 0 Å². The van der Waals surface area contributed by atoms with Crippen molar-refractivity contribution in [1.29, 1.82) is 0 Å². The van der Waals surface area contributed by atoms with Crippen LogP contribution in [0.5, 0.6) is 0 Å². The number of hydrogen-bond donors (Lipinski definition) is 1. The van der Waals surface area contributed by atoms with Crippen molar-refractivity contribution in [2.24, 2.45) is 5.84 Å². The molecule has 0 aromatic heterocycles. The second-order valence-electron chi connectivity index (χ2n) is 7.27. The Morgan fingerprint density at radius 2 is 1.81 bits per heavy atom. The van der Waals surface area contributed by atoms with Crippen LogP contribution in [0.1, 0.15) is 38.8 Å². The van der Waals surface area contributed by atoms with Crippen LogP contribution in [0.3, 0.4) is 0 Å². The fourth-order valence-electron chi connectivity index (χ4n) is 2.34. The maximum absolute atomic E-state index is 12.4. The molecule has 4 nitrogen and oxygen atoms in total. The molecule has 1 saturated heterocycles. The number of benzene rings is 1. The lowest BCUT2D eigenvalue weighted by Gasteiger charge is -2.37. The van der Waals surface area contributed by atoms with E-state index < -0.39 is 14.4 Å². The molecule has 1 aromatic carbocycles. The van der Waals surface area contributed by atoms with Gasteiger partial charge in [-0.1, -0.05) is 51.1 Å². The van der Waals surface area contributed by atoms with Gasteiger partial charge in [0.1, 0.15) is 6.10 Å². The van der Waals surface area contributed by atoms with Crippen LogP contribution < -0.4 is 5.84 Å². The molecule has 0 aliphatic carbocycles. The van der Waals surface area contributed by atoms with Gasteiger partial charge in [-0.15, -0.1) is 0 Å². The Bertz CT molecular complexity index is 511. The van der Waals surface area contributed by atoms with Gasteiger partial charge in [-0.25, -0.2) is 5.84 Å². The summed E-state index contributed by atoms with van der Waals surface area (Å²) in [5.74, 6) is 5.89. The van der Waals surface area contributed by atoms with Crippen LogP contribution in [0.25, 0.3) is 0 Å². The number of hydrogen-bond acceptors (Lipinski definition) is 3. The third-order valence-corrected chi connectivity index (χ3v) is 9.22. The van der Waals surface area contributed by atoms with Gasteiger partial charge in [0.2, 0.25) is 0 Å². The first-order valence-corrected chi connectivity index (χ1v) is 10.3. The molecule has 1 aliphatic rings. The van der Waals surface area contributed by atoms with Gasteiger partial charge < -0.3 is 4.43 Å². The lowest BCUT2D eigenvalue weighted by Crippen LogP contribution is -2.46. The second kappa shape index (κ2) is 5.55. The van der Waals surface area contributed by atoms with Gasteiger partial charge in [0.05, 0.1) is 6.04 Å². The minimum absolute atomic E-state index is 0.0809. The molecule has 0 saturated carbocycles. The minimum atomic E-state index is -1.97. The molecule has 1 aliphatic heterocycles. The van der Waals surface area contributed by atoms with Crippen LogP contribution in [0.15, 0.2) is 30.3 Å². The summed E-state index contributed by atoms with van der Waals surface area (Å²) in [4.78, 5) is 12.4. The molecule has 5 heteroatoms. The zero-order chi connectivity index (χ0) is 15.8. The van der Waals surface area contributed by atoms with Crippen LogP contribution in [0.4, 0.5) is 0 Å². The summed E-state index contributed by atoms with van der Waals surface area (Å²) < 4.78 is 6.27. The van der Waals surface area contributed by atoms with E-state index in [1.807, 2.05) is 30.3 Å². The number of nitrogens with two attached hydrogens (primary N) is 1. The van der Waals surface area contributed by atoms with E-state index in [0.717, 1.165) is 5.56 Å². The molecule has 2 N–H and O–H groups in total. The van der Waals surface area contributed by atoms with E-state index in [1.165, 1.54) is 5.01 Å². The topological polar surface area (TPSA) is 55.6 Å². The van der Waals surface area contributed by atoms with Crippen molar-refractivity contribution >= 4 is 14.2 Å². The van der Waals surface area contributed by atoms with Crippen LogP contribution >= 0.6 is 0 Å². The van der Waals surface area contributed by atoms with Crippen LogP contribution in [0.2, 0.25) is 18.1 Å². The first-order chi connectivity index (χ1) is 9.63. The molecule has 2 atom stereocenters. The van der Waals surface area contributed by atoms with E-state index in [1.54, 1.807) is 0 Å². The first kappa shape index (κ1) is 16.2. The van der Waals surface area contributed by atoms with Crippen molar-refractivity contribution in [1.82, 2.24) is 5.01 Å². The number of carbonyl (C=O) groups is 1. The molecule has 0 spiro atoms. The molecule has 21 heavy (non-hydrogen) atoms. The van der Waals surface area contributed by atoms with Gasteiger partial charge in [0, 0.05) is 6.42 Å². The Hall–Kier alpha value is -1.17. The molecule has 1 fully saturated rings. The maximum Gasteiger partial charge on any atom is 0.265 e. The Morgan fingerprint density at radius 1 is 1.24 bits per heavy atom. The smallest absolute Gasteiger partial charge is 0.265 e. The zero-order valence-electron chi connectivity index (χ0n) is 13.6. The molecular formula is C16H26N2O2Si. The van der Waals surface area contributed by atoms with Crippen molar-refractivity contribution in [2.45, 2.75) is 57.5 Å². The zero-order valence-corrected chi connectivity index (χ0v) is 14.6. The minimum Gasteiger partial charge on any atom is -0.405 e. The van der Waals surface area contributed by atoms with Crippen LogP contribution in [-0.2, 0) is 9.22 Å². The van der Waals surface area contributed by atoms with Crippen molar-refractivity contribution in [3.63, 3.8) is 0 Å². The molecule has 2 rings (SSSR count). The Morgan fingerprint density at radius 3 is 2.33 bits per heavy atom. The molecule has 2 unspecified atom stereocenters. The van der Waals surface area contributed by atoms with Crippen LogP contribution in [-0.4, -0.2) is 25.3 Å². The van der Waals surface area contributed by atoms with Gasteiger partial charge in [0.25, 0.3) is 5.91 Å². The predicted molar refractivity (Wildman–Crippen MR) is 86.9 cm³/mol. The summed E-state index contributed by atoms with van der Waals surface area (Å²) in [5, 5.41) is 1.42. The summed E-state index contributed by atoms with van der Waals surface area (Å²) in [5.41, 5.74) is 1.06. The van der Waals surface area contributed by atoms with Gasteiger partial charge in [0.15, 0.2) is 8.32 Å². The van der Waals surface area contributed by atoms with E-state index >= 15 is 0 Å². The van der Waals surface area contributed by atoms with E-state index in [4.69, 9.17) is 10.3 Å². The van der Waals surface area contributed by atoms with Gasteiger partial charge in [-0.05, 0) is 23.7 Å². The molecular weight excluding hydrogens is 280 g/mol. The van der Waals surface area contributed by atoms with Crippen LogP contribution in [0, 0.1) is 0 Å². The quantitative estimate of drug-likeness (QED) is 0.530. The summed E-state index contributed by atoms with van der Waals surface area (Å²) in [6.45, 7) is 10.8. The Kier molecular flexibility index (Phi) is 4.28. The predicted octanol–water partition coefficient (Wildman–Crippen LogP) is 3.22. The molecule has 0 bridgehead atoms. The monoisotopic (exact) mass is 306 g/mol. The van der Waals surface area contributed by atoms with Gasteiger partial charge >= 0.3 is 0 Å². The Balaban J connectivity index is 2.16. The number of rotatable bonds is 3. The average Bonchev–Trinajstić information content (AvgIpc) is 2.66. The third-order valence-electron chi connectivity index (χ3n) is 4.73. The summed E-state index contributed by atoms with van der Waals surface area (Å²) in [7, 11) is -1.97. The number of carbonyl (C=O) groups excluding carboxylic acids is 1. The molecule has 1 heterocycles. The molecule has 116 valence electrons. The van der Waals surface area contributed by atoms with E-state index in [0.29, 0.717) is 6.42 Å². The van der Waals surface area contributed by atoms with E-state index in [-0.39, 0.29) is 17.0 Å². The highest BCUT2D eigenvalue weighted by molar-refractivity contribution is 6.74. The Labute approximate surface area is 128 Å². The fourth-order valence-corrected chi connectivity index (χ4v) is 3.60. The lowest BCUT2D eigenvalue weighted by atomic mass is 10.0. The van der Waals surface area contributed by atoms with Gasteiger partial charge in [-0.2, -0.15) is 0 Å². The normalized spacial score (nSPS) is 23.7. The van der Waals surface area contributed by atoms with E-state index in [9.17, 15) is 4.79 Å². The fraction of sp³-hybridized carbons (Fsp3) is 0.562. The third kappa shape index (κ3) is 3.20. The number of nitrogens with zero attached hydrogens (tertiary/aromatic N) is 1. The van der Waals surface area contributed by atoms with E-state index in [2.05, 4.69) is 33.9 Å². The average molecular weight is 306 g/mol. The second-order valence-corrected chi connectivity index (χ2v) is 12.0. The van der Waals surface area contributed by atoms with Crippen molar-refractivity contribution in [3.05, 3.63) is 35.9 Å². The highest BCUT2D eigenvalue weighted by Crippen LogP contribution is 2.40. The molecule has 1 aromatic rings. The molecule has 1 amide bonds.